The van der Waals surface area contributed by atoms with Crippen molar-refractivity contribution in [3.8, 4) is 5.75 Å². The summed E-state index contributed by atoms with van der Waals surface area (Å²) in [5.74, 6) is 1.17. The van der Waals surface area contributed by atoms with Gasteiger partial charge in [-0.15, -0.1) is 0 Å². The highest BCUT2D eigenvalue weighted by Crippen LogP contribution is 2.27. The predicted molar refractivity (Wildman–Crippen MR) is 88.9 cm³/mol. The molecule has 1 aromatic carbocycles. The number of sulfonamides is 1. The van der Waals surface area contributed by atoms with E-state index in [1.165, 1.54) is 6.07 Å². The minimum absolute atomic E-state index is 0.0473. The molecule has 0 aliphatic carbocycles. The Morgan fingerprint density at radius 1 is 1.35 bits per heavy atom. The summed E-state index contributed by atoms with van der Waals surface area (Å²) in [5.41, 5.74) is 0.878. The Morgan fingerprint density at radius 3 is 3.08 bits per heavy atom. The van der Waals surface area contributed by atoms with E-state index in [4.69, 9.17) is 9.26 Å². The lowest BCUT2D eigenvalue weighted by molar-refractivity contribution is -0.122. The van der Waals surface area contributed by atoms with Gasteiger partial charge in [-0.05, 0) is 30.2 Å². The number of carbonyl (C=O) groups is 1. The van der Waals surface area contributed by atoms with Crippen LogP contribution in [0.5, 0.6) is 5.75 Å². The molecular formula is C16H18N4O5S. The summed E-state index contributed by atoms with van der Waals surface area (Å²) in [4.78, 5) is 15.8. The smallest absolute Gasteiger partial charge is 0.241 e. The molecule has 2 aromatic rings. The van der Waals surface area contributed by atoms with Crippen molar-refractivity contribution in [1.29, 1.82) is 0 Å². The van der Waals surface area contributed by atoms with Gasteiger partial charge in [0, 0.05) is 25.3 Å². The van der Waals surface area contributed by atoms with Crippen molar-refractivity contribution < 1.29 is 22.5 Å². The number of benzene rings is 1. The third kappa shape index (κ3) is 3.42. The maximum absolute atomic E-state index is 12.5. The van der Waals surface area contributed by atoms with Crippen molar-refractivity contribution in [3.63, 3.8) is 0 Å². The fourth-order valence-corrected chi connectivity index (χ4v) is 4.10. The number of nitrogens with zero attached hydrogens (tertiary/aromatic N) is 2. The zero-order valence-corrected chi connectivity index (χ0v) is 14.7. The molecule has 2 N–H and O–H groups in total. The molecule has 1 amide bonds. The van der Waals surface area contributed by atoms with Gasteiger partial charge in [0.1, 0.15) is 5.75 Å². The molecule has 2 aliphatic rings. The summed E-state index contributed by atoms with van der Waals surface area (Å²) in [5, 5.41) is 6.62. The molecule has 4 rings (SSSR count). The Bertz CT molecular complexity index is 940. The van der Waals surface area contributed by atoms with Crippen molar-refractivity contribution >= 4 is 15.9 Å². The Labute approximate surface area is 150 Å². The maximum atomic E-state index is 12.5. The molecule has 1 atom stereocenters. The van der Waals surface area contributed by atoms with Crippen molar-refractivity contribution in [2.24, 2.45) is 0 Å². The van der Waals surface area contributed by atoms with Crippen molar-refractivity contribution in [3.05, 3.63) is 35.5 Å². The van der Waals surface area contributed by atoms with Gasteiger partial charge in [0.05, 0.1) is 18.0 Å². The van der Waals surface area contributed by atoms with E-state index in [0.717, 1.165) is 17.7 Å². The number of ether oxygens (including phenoxy) is 1. The summed E-state index contributed by atoms with van der Waals surface area (Å²) in [6.45, 7) is 1.03. The molecule has 0 bridgehead atoms. The second-order valence-corrected chi connectivity index (χ2v) is 8.05. The van der Waals surface area contributed by atoms with Crippen molar-refractivity contribution in [2.75, 3.05) is 13.2 Å². The molecular weight excluding hydrogens is 360 g/mol. The molecule has 10 heteroatoms. The molecule has 0 spiro atoms. The van der Waals surface area contributed by atoms with E-state index < -0.39 is 10.0 Å². The molecule has 26 heavy (non-hydrogen) atoms. The molecule has 1 aromatic heterocycles. The topological polar surface area (TPSA) is 123 Å². The molecule has 1 fully saturated rings. The largest absolute Gasteiger partial charge is 0.493 e. The normalized spacial score (nSPS) is 19.7. The molecule has 138 valence electrons. The van der Waals surface area contributed by atoms with Gasteiger partial charge >= 0.3 is 0 Å². The van der Waals surface area contributed by atoms with E-state index in [1.54, 1.807) is 12.1 Å². The van der Waals surface area contributed by atoms with Crippen LogP contribution in [0.25, 0.3) is 0 Å². The van der Waals surface area contributed by atoms with Gasteiger partial charge < -0.3 is 14.6 Å². The van der Waals surface area contributed by atoms with Gasteiger partial charge in [-0.3, -0.25) is 4.79 Å². The number of amides is 1. The third-order valence-electron chi connectivity index (χ3n) is 4.48. The van der Waals surface area contributed by atoms with Crippen molar-refractivity contribution in [2.45, 2.75) is 36.6 Å². The van der Waals surface area contributed by atoms with Crippen LogP contribution in [-0.4, -0.2) is 37.6 Å². The van der Waals surface area contributed by atoms with Crippen LogP contribution >= 0.6 is 0 Å². The molecule has 0 radical (unpaired) electrons. The van der Waals surface area contributed by atoms with Gasteiger partial charge in [0.2, 0.25) is 21.8 Å². The fourth-order valence-electron chi connectivity index (χ4n) is 3.08. The van der Waals surface area contributed by atoms with E-state index >= 15 is 0 Å². The summed E-state index contributed by atoms with van der Waals surface area (Å²) in [6, 6.07) is 4.78. The first-order chi connectivity index (χ1) is 12.5. The summed E-state index contributed by atoms with van der Waals surface area (Å²) in [6.07, 6.45) is 1.73. The van der Waals surface area contributed by atoms with Gasteiger partial charge in [0.25, 0.3) is 0 Å². The number of carbonyl (C=O) groups excluding carboxylic acids is 1. The molecule has 3 heterocycles. The first-order valence-corrected chi connectivity index (χ1v) is 9.84. The van der Waals surface area contributed by atoms with Crippen LogP contribution in [0.15, 0.2) is 27.6 Å². The second kappa shape index (κ2) is 6.69. The number of rotatable bonds is 5. The third-order valence-corrected chi connectivity index (χ3v) is 5.88. The molecule has 9 nitrogen and oxygen atoms in total. The first-order valence-electron chi connectivity index (χ1n) is 8.36. The average molecular weight is 378 g/mol. The van der Waals surface area contributed by atoms with Gasteiger partial charge in [0.15, 0.2) is 5.82 Å². The summed E-state index contributed by atoms with van der Waals surface area (Å²) in [7, 11) is -3.70. The fraction of sp³-hybridized carbons (Fsp3) is 0.438. The highest BCUT2D eigenvalue weighted by molar-refractivity contribution is 7.89. The van der Waals surface area contributed by atoms with Crippen LogP contribution in [0.1, 0.15) is 36.0 Å². The van der Waals surface area contributed by atoms with Crippen LogP contribution in [-0.2, 0) is 27.8 Å². The molecule has 2 aliphatic heterocycles. The number of hydrogen-bond donors (Lipinski definition) is 2. The second-order valence-electron chi connectivity index (χ2n) is 6.28. The number of piperidine rings is 1. The van der Waals surface area contributed by atoms with E-state index in [2.05, 4.69) is 20.2 Å². The van der Waals surface area contributed by atoms with Crippen molar-refractivity contribution in [1.82, 2.24) is 20.2 Å². The Hall–Kier alpha value is -2.46. The van der Waals surface area contributed by atoms with Crippen LogP contribution in [0.3, 0.4) is 0 Å². The van der Waals surface area contributed by atoms with Crippen LogP contribution < -0.4 is 14.8 Å². The number of fused-ring (bicyclic) bond motifs is 1. The molecule has 1 saturated heterocycles. The van der Waals surface area contributed by atoms with Crippen LogP contribution in [0, 0.1) is 0 Å². The number of nitrogens with one attached hydrogen (secondary N) is 2. The standard InChI is InChI=1S/C16H18N4O5S/c21-14-8-11(3-5-17-14)16-19-15(25-20-16)9-18-26(22,23)12-1-2-13-10(7-12)4-6-24-13/h1-2,7,11,18H,3-6,8-9H2,(H,17,21). The van der Waals surface area contributed by atoms with Crippen LogP contribution in [0.2, 0.25) is 0 Å². The molecule has 1 unspecified atom stereocenters. The first kappa shape index (κ1) is 17.0. The Balaban J connectivity index is 1.43. The maximum Gasteiger partial charge on any atom is 0.241 e. The predicted octanol–water partition coefficient (Wildman–Crippen LogP) is 0.477. The van der Waals surface area contributed by atoms with E-state index in [0.29, 0.717) is 31.8 Å². The minimum atomic E-state index is -3.70. The lowest BCUT2D eigenvalue weighted by Crippen LogP contribution is -2.32. The van der Waals surface area contributed by atoms with Gasteiger partial charge in [-0.2, -0.15) is 4.98 Å². The van der Waals surface area contributed by atoms with Crippen LogP contribution in [0.4, 0.5) is 0 Å². The average Bonchev–Trinajstić information content (AvgIpc) is 3.28. The Morgan fingerprint density at radius 2 is 2.23 bits per heavy atom. The number of hydrogen-bond acceptors (Lipinski definition) is 7. The van der Waals surface area contributed by atoms with Gasteiger partial charge in [-0.25, -0.2) is 13.1 Å². The molecule has 0 saturated carbocycles. The quantitative estimate of drug-likeness (QED) is 0.775. The lowest BCUT2D eigenvalue weighted by atomic mass is 9.97. The zero-order valence-electron chi connectivity index (χ0n) is 13.9. The van der Waals surface area contributed by atoms with Gasteiger partial charge in [-0.1, -0.05) is 5.16 Å². The van der Waals surface area contributed by atoms with E-state index in [1.807, 2.05) is 0 Å². The monoisotopic (exact) mass is 378 g/mol. The number of aromatic nitrogens is 2. The Kier molecular flexibility index (Phi) is 4.37. The zero-order chi connectivity index (χ0) is 18.1. The SMILES string of the molecule is O=C1CC(c2noc(CNS(=O)(=O)c3ccc4c(c3)CCO4)n2)CCN1. The highest BCUT2D eigenvalue weighted by Gasteiger charge is 2.25. The summed E-state index contributed by atoms with van der Waals surface area (Å²) >= 11 is 0. The highest BCUT2D eigenvalue weighted by atomic mass is 32.2. The lowest BCUT2D eigenvalue weighted by Gasteiger charge is -2.18. The van der Waals surface area contributed by atoms with E-state index in [9.17, 15) is 13.2 Å². The summed E-state index contributed by atoms with van der Waals surface area (Å²) < 4.78 is 37.9. The van der Waals surface area contributed by atoms with E-state index in [-0.39, 0.29) is 29.2 Å². The minimum Gasteiger partial charge on any atom is -0.493 e.